The molecule has 1 aliphatic rings. The second-order valence-electron chi connectivity index (χ2n) is 5.77. The third kappa shape index (κ3) is 4.17. The Balaban J connectivity index is 1.80. The third-order valence-corrected chi connectivity index (χ3v) is 6.12. The Morgan fingerprint density at radius 3 is 2.67 bits per heavy atom. The van der Waals surface area contributed by atoms with E-state index in [1.807, 2.05) is 25.1 Å². The molecule has 0 N–H and O–H groups in total. The molecule has 21 heavy (non-hydrogen) atoms. The minimum absolute atomic E-state index is 0.217. The SMILES string of the molecule is C=CCCCCCCC1CN1S(=O)(=O)c1ccccc1C. The highest BCUT2D eigenvalue weighted by molar-refractivity contribution is 7.89. The number of sulfonamides is 1. The van der Waals surface area contributed by atoms with Crippen molar-refractivity contribution >= 4 is 10.0 Å². The summed E-state index contributed by atoms with van der Waals surface area (Å²) in [5, 5.41) is 0. The largest absolute Gasteiger partial charge is 0.243 e. The van der Waals surface area contributed by atoms with E-state index in [9.17, 15) is 8.42 Å². The van der Waals surface area contributed by atoms with Crippen LogP contribution in [0.1, 0.15) is 44.1 Å². The van der Waals surface area contributed by atoms with Crippen LogP contribution >= 0.6 is 0 Å². The average Bonchev–Trinajstić information content (AvgIpc) is 3.23. The third-order valence-electron chi connectivity index (χ3n) is 4.04. The van der Waals surface area contributed by atoms with E-state index in [0.29, 0.717) is 11.4 Å². The van der Waals surface area contributed by atoms with Gasteiger partial charge in [-0.25, -0.2) is 8.42 Å². The van der Waals surface area contributed by atoms with E-state index in [0.717, 1.165) is 24.8 Å². The summed E-state index contributed by atoms with van der Waals surface area (Å²) < 4.78 is 26.7. The molecule has 4 heteroatoms. The molecule has 3 nitrogen and oxygen atoms in total. The molecule has 1 saturated heterocycles. The maximum atomic E-state index is 12.5. The predicted molar refractivity (Wildman–Crippen MR) is 86.8 cm³/mol. The first-order valence-electron chi connectivity index (χ1n) is 7.75. The van der Waals surface area contributed by atoms with Gasteiger partial charge in [0.1, 0.15) is 0 Å². The van der Waals surface area contributed by atoms with E-state index in [4.69, 9.17) is 0 Å². The summed E-state index contributed by atoms with van der Waals surface area (Å²) in [4.78, 5) is 0.457. The molecule has 0 bridgehead atoms. The highest BCUT2D eigenvalue weighted by Gasteiger charge is 2.44. The predicted octanol–water partition coefficient (Wildman–Crippen LogP) is 3.89. The average molecular weight is 307 g/mol. The first kappa shape index (κ1) is 16.2. The van der Waals surface area contributed by atoms with Gasteiger partial charge >= 0.3 is 0 Å². The molecule has 1 aromatic rings. The first-order chi connectivity index (χ1) is 10.1. The van der Waals surface area contributed by atoms with Crippen molar-refractivity contribution in [1.82, 2.24) is 4.31 Å². The lowest BCUT2D eigenvalue weighted by Gasteiger charge is -2.09. The minimum atomic E-state index is -3.28. The van der Waals surface area contributed by atoms with Gasteiger partial charge in [0.05, 0.1) is 4.90 Å². The van der Waals surface area contributed by atoms with Crippen LogP contribution in [0.15, 0.2) is 41.8 Å². The van der Waals surface area contributed by atoms with E-state index in [1.54, 1.807) is 16.4 Å². The second kappa shape index (κ2) is 7.23. The molecule has 0 saturated carbocycles. The van der Waals surface area contributed by atoms with Gasteiger partial charge in [-0.05, 0) is 37.8 Å². The van der Waals surface area contributed by atoms with Gasteiger partial charge in [0.2, 0.25) is 10.0 Å². The van der Waals surface area contributed by atoms with Crippen LogP contribution in [0.4, 0.5) is 0 Å². The molecule has 2 unspecified atom stereocenters. The van der Waals surface area contributed by atoms with Crippen LogP contribution in [-0.4, -0.2) is 25.3 Å². The number of aryl methyl sites for hydroxylation is 1. The van der Waals surface area contributed by atoms with Crippen molar-refractivity contribution in [3.8, 4) is 0 Å². The molecule has 1 heterocycles. The molecule has 0 spiro atoms. The Morgan fingerprint density at radius 2 is 1.95 bits per heavy atom. The lowest BCUT2D eigenvalue weighted by atomic mass is 10.1. The topological polar surface area (TPSA) is 37.1 Å². The minimum Gasteiger partial charge on any atom is -0.207 e. The van der Waals surface area contributed by atoms with Gasteiger partial charge in [0.25, 0.3) is 0 Å². The lowest BCUT2D eigenvalue weighted by molar-refractivity contribution is 0.535. The first-order valence-corrected chi connectivity index (χ1v) is 9.19. The Hall–Kier alpha value is -1.13. The molecular weight excluding hydrogens is 282 g/mol. The number of nitrogens with zero attached hydrogens (tertiary/aromatic N) is 1. The fourth-order valence-electron chi connectivity index (χ4n) is 2.68. The Morgan fingerprint density at radius 1 is 1.24 bits per heavy atom. The van der Waals surface area contributed by atoms with Crippen LogP contribution in [-0.2, 0) is 10.0 Å². The molecule has 1 aliphatic heterocycles. The zero-order chi connectivity index (χ0) is 15.3. The van der Waals surface area contributed by atoms with Crippen LogP contribution in [0.3, 0.4) is 0 Å². The zero-order valence-corrected chi connectivity index (χ0v) is 13.6. The van der Waals surface area contributed by atoms with Crippen molar-refractivity contribution in [2.45, 2.75) is 56.4 Å². The summed E-state index contributed by atoms with van der Waals surface area (Å²) in [6.45, 7) is 6.25. The van der Waals surface area contributed by atoms with Crippen molar-refractivity contribution in [1.29, 1.82) is 0 Å². The van der Waals surface area contributed by atoms with Crippen LogP contribution < -0.4 is 0 Å². The molecule has 2 rings (SSSR count). The number of hydrogen-bond acceptors (Lipinski definition) is 2. The van der Waals surface area contributed by atoms with Gasteiger partial charge in [-0.2, -0.15) is 4.31 Å². The van der Waals surface area contributed by atoms with Gasteiger partial charge in [0, 0.05) is 12.6 Å². The fraction of sp³-hybridized carbons (Fsp3) is 0.529. The van der Waals surface area contributed by atoms with Gasteiger partial charge in [0.15, 0.2) is 0 Å². The maximum Gasteiger partial charge on any atom is 0.243 e. The molecule has 1 fully saturated rings. The van der Waals surface area contributed by atoms with E-state index in [-0.39, 0.29) is 6.04 Å². The number of rotatable bonds is 9. The van der Waals surface area contributed by atoms with Crippen LogP contribution in [0.5, 0.6) is 0 Å². The molecule has 0 amide bonds. The highest BCUT2D eigenvalue weighted by atomic mass is 32.2. The van der Waals surface area contributed by atoms with E-state index in [2.05, 4.69) is 6.58 Å². The summed E-state index contributed by atoms with van der Waals surface area (Å²) in [7, 11) is -3.28. The van der Waals surface area contributed by atoms with Crippen molar-refractivity contribution in [2.75, 3.05) is 6.54 Å². The number of hydrogen-bond donors (Lipinski definition) is 0. The van der Waals surface area contributed by atoms with Gasteiger partial charge in [-0.3, -0.25) is 0 Å². The Kier molecular flexibility index (Phi) is 5.59. The molecular formula is C17H25NO2S. The fourth-order valence-corrected chi connectivity index (χ4v) is 4.53. The summed E-state index contributed by atoms with van der Waals surface area (Å²) >= 11 is 0. The summed E-state index contributed by atoms with van der Waals surface area (Å²) in [5.41, 5.74) is 0.826. The van der Waals surface area contributed by atoms with Crippen molar-refractivity contribution in [2.24, 2.45) is 0 Å². The molecule has 0 aliphatic carbocycles. The van der Waals surface area contributed by atoms with E-state index >= 15 is 0 Å². The van der Waals surface area contributed by atoms with E-state index in [1.165, 1.54) is 19.3 Å². The standard InChI is InChI=1S/C17H25NO2S/c1-3-4-5-6-7-8-12-16-14-18(16)21(19,20)17-13-10-9-11-15(17)2/h3,9-11,13,16H,1,4-8,12,14H2,2H3. The second-order valence-corrected chi connectivity index (χ2v) is 7.63. The van der Waals surface area contributed by atoms with Crippen molar-refractivity contribution in [3.63, 3.8) is 0 Å². The van der Waals surface area contributed by atoms with Crippen molar-refractivity contribution in [3.05, 3.63) is 42.5 Å². The summed E-state index contributed by atoms with van der Waals surface area (Å²) in [6.07, 6.45) is 8.72. The number of benzene rings is 1. The molecule has 0 radical (unpaired) electrons. The number of unbranched alkanes of at least 4 members (excludes halogenated alkanes) is 4. The Labute approximate surface area is 128 Å². The van der Waals surface area contributed by atoms with Gasteiger partial charge in [-0.1, -0.05) is 43.5 Å². The molecule has 2 atom stereocenters. The lowest BCUT2D eigenvalue weighted by Crippen LogP contribution is -2.15. The summed E-state index contributed by atoms with van der Waals surface area (Å²) in [6, 6.07) is 7.43. The smallest absolute Gasteiger partial charge is 0.207 e. The zero-order valence-electron chi connectivity index (χ0n) is 12.8. The van der Waals surface area contributed by atoms with Crippen LogP contribution in [0.2, 0.25) is 0 Å². The van der Waals surface area contributed by atoms with Gasteiger partial charge < -0.3 is 0 Å². The van der Waals surface area contributed by atoms with Gasteiger partial charge in [-0.15, -0.1) is 6.58 Å². The molecule has 0 aromatic heterocycles. The molecule has 1 aromatic carbocycles. The molecule has 116 valence electrons. The normalized spacial score (nSPS) is 21.2. The van der Waals surface area contributed by atoms with Crippen LogP contribution in [0, 0.1) is 6.92 Å². The quantitative estimate of drug-likeness (QED) is 0.394. The number of allylic oxidation sites excluding steroid dienone is 1. The van der Waals surface area contributed by atoms with Crippen LogP contribution in [0.25, 0.3) is 0 Å². The van der Waals surface area contributed by atoms with E-state index < -0.39 is 10.0 Å². The maximum absolute atomic E-state index is 12.5. The monoisotopic (exact) mass is 307 g/mol. The highest BCUT2D eigenvalue weighted by Crippen LogP contribution is 2.32. The summed E-state index contributed by atoms with van der Waals surface area (Å²) in [5.74, 6) is 0. The Bertz CT molecular complexity index is 580. The van der Waals surface area contributed by atoms with Crippen molar-refractivity contribution < 1.29 is 8.42 Å².